The number of sulfonamides is 1. The highest BCUT2D eigenvalue weighted by Gasteiger charge is 2.36. The summed E-state index contributed by atoms with van der Waals surface area (Å²) in [6.07, 6.45) is 2.59. The van der Waals surface area contributed by atoms with Crippen LogP contribution in [0.15, 0.2) is 23.1 Å². The van der Waals surface area contributed by atoms with Gasteiger partial charge in [0.2, 0.25) is 15.9 Å². The van der Waals surface area contributed by atoms with Gasteiger partial charge in [-0.25, -0.2) is 8.42 Å². The Balaban J connectivity index is 1.82. The highest BCUT2D eigenvalue weighted by molar-refractivity contribution is 7.89. The quantitative estimate of drug-likeness (QED) is 0.573. The third kappa shape index (κ3) is 3.91. The number of rotatable bonds is 6. The van der Waals surface area contributed by atoms with E-state index in [1.165, 1.54) is 16.4 Å². The van der Waals surface area contributed by atoms with Gasteiger partial charge in [0, 0.05) is 38.8 Å². The van der Waals surface area contributed by atoms with Crippen molar-refractivity contribution in [3.63, 3.8) is 0 Å². The number of nitro groups is 1. The summed E-state index contributed by atoms with van der Waals surface area (Å²) in [5.74, 6) is -0.276. The third-order valence-electron chi connectivity index (χ3n) is 5.04. The number of nitro benzene ring substituents is 1. The van der Waals surface area contributed by atoms with Crippen molar-refractivity contribution < 1.29 is 18.1 Å². The predicted molar refractivity (Wildman–Crippen MR) is 100 cm³/mol. The first kappa shape index (κ1) is 19.6. The van der Waals surface area contributed by atoms with Crippen molar-refractivity contribution in [1.29, 1.82) is 0 Å². The van der Waals surface area contributed by atoms with Crippen LogP contribution >= 0.6 is 0 Å². The van der Waals surface area contributed by atoms with E-state index in [1.807, 2.05) is 6.92 Å². The van der Waals surface area contributed by atoms with Crippen LogP contribution in [0, 0.1) is 16.0 Å². The standard InChI is InChI=1S/C17H24N4O5S/c1-2-18-17(22)13-11-19(12-13)15-7-6-14(10-16(15)21(23)24)27(25,26)20-8-4-3-5-9-20/h6-7,10,13H,2-5,8-9,11-12H2,1H3,(H,18,22). The van der Waals surface area contributed by atoms with Crippen LogP contribution in [-0.4, -0.2) is 56.3 Å². The maximum absolute atomic E-state index is 12.8. The van der Waals surface area contributed by atoms with E-state index in [0.717, 1.165) is 25.3 Å². The van der Waals surface area contributed by atoms with E-state index in [0.29, 0.717) is 38.4 Å². The molecule has 27 heavy (non-hydrogen) atoms. The molecule has 9 nitrogen and oxygen atoms in total. The van der Waals surface area contributed by atoms with E-state index in [4.69, 9.17) is 0 Å². The first-order valence-electron chi connectivity index (χ1n) is 9.16. The van der Waals surface area contributed by atoms with Crippen LogP contribution in [0.2, 0.25) is 0 Å². The Morgan fingerprint density at radius 1 is 1.26 bits per heavy atom. The van der Waals surface area contributed by atoms with Crippen molar-refractivity contribution in [2.24, 2.45) is 5.92 Å². The summed E-state index contributed by atoms with van der Waals surface area (Å²) in [5, 5.41) is 14.3. The van der Waals surface area contributed by atoms with Gasteiger partial charge in [-0.2, -0.15) is 4.31 Å². The number of nitrogens with zero attached hydrogens (tertiary/aromatic N) is 3. The van der Waals surface area contributed by atoms with Gasteiger partial charge in [0.1, 0.15) is 5.69 Å². The molecule has 0 aromatic heterocycles. The highest BCUT2D eigenvalue weighted by Crippen LogP contribution is 2.36. The number of amides is 1. The number of anilines is 1. The zero-order chi connectivity index (χ0) is 19.6. The fourth-order valence-electron chi connectivity index (χ4n) is 3.49. The Hall–Kier alpha value is -2.20. The number of benzene rings is 1. The minimum atomic E-state index is -3.73. The fraction of sp³-hybridized carbons (Fsp3) is 0.588. The topological polar surface area (TPSA) is 113 Å². The van der Waals surface area contributed by atoms with Crippen molar-refractivity contribution in [2.45, 2.75) is 31.1 Å². The summed E-state index contributed by atoms with van der Waals surface area (Å²) in [4.78, 5) is 24.5. The lowest BCUT2D eigenvalue weighted by Gasteiger charge is -2.39. The van der Waals surface area contributed by atoms with E-state index >= 15 is 0 Å². The van der Waals surface area contributed by atoms with Gasteiger partial charge in [-0.3, -0.25) is 14.9 Å². The number of hydrogen-bond donors (Lipinski definition) is 1. The SMILES string of the molecule is CCNC(=O)C1CN(c2ccc(S(=O)(=O)N3CCCCC3)cc2[N+](=O)[O-])C1. The van der Waals surface area contributed by atoms with Gasteiger partial charge in [0.15, 0.2) is 0 Å². The number of carbonyl (C=O) groups is 1. The monoisotopic (exact) mass is 396 g/mol. The van der Waals surface area contributed by atoms with Gasteiger partial charge in [0.25, 0.3) is 5.69 Å². The molecular weight excluding hydrogens is 372 g/mol. The van der Waals surface area contributed by atoms with Gasteiger partial charge < -0.3 is 10.2 Å². The van der Waals surface area contributed by atoms with E-state index in [-0.39, 0.29) is 22.4 Å². The summed E-state index contributed by atoms with van der Waals surface area (Å²) in [6.45, 7) is 4.02. The molecule has 2 saturated heterocycles. The zero-order valence-corrected chi connectivity index (χ0v) is 16.1. The van der Waals surface area contributed by atoms with E-state index in [9.17, 15) is 23.3 Å². The molecule has 148 valence electrons. The minimum absolute atomic E-state index is 0.0550. The summed E-state index contributed by atoms with van der Waals surface area (Å²) < 4.78 is 26.9. The number of nitrogens with one attached hydrogen (secondary N) is 1. The molecule has 3 rings (SSSR count). The Morgan fingerprint density at radius 3 is 2.52 bits per heavy atom. The summed E-state index contributed by atoms with van der Waals surface area (Å²) in [6, 6.07) is 4.04. The molecule has 0 bridgehead atoms. The van der Waals surface area contributed by atoms with Crippen LogP contribution in [0.3, 0.4) is 0 Å². The Morgan fingerprint density at radius 2 is 1.93 bits per heavy atom. The average Bonchev–Trinajstić information content (AvgIpc) is 2.61. The molecule has 0 spiro atoms. The average molecular weight is 396 g/mol. The van der Waals surface area contributed by atoms with Gasteiger partial charge in [-0.1, -0.05) is 6.42 Å². The maximum atomic E-state index is 12.8. The number of hydrogen-bond acceptors (Lipinski definition) is 6. The Bertz CT molecular complexity index is 830. The molecule has 2 fully saturated rings. The third-order valence-corrected chi connectivity index (χ3v) is 6.94. The lowest BCUT2D eigenvalue weighted by atomic mass is 9.98. The summed E-state index contributed by atoms with van der Waals surface area (Å²) in [7, 11) is -3.73. The van der Waals surface area contributed by atoms with Gasteiger partial charge in [-0.15, -0.1) is 0 Å². The molecule has 1 N–H and O–H groups in total. The number of piperidine rings is 1. The molecule has 2 aliphatic heterocycles. The molecule has 0 atom stereocenters. The zero-order valence-electron chi connectivity index (χ0n) is 15.3. The van der Waals surface area contributed by atoms with Gasteiger partial charge in [-0.05, 0) is 31.9 Å². The molecular formula is C17H24N4O5S. The lowest BCUT2D eigenvalue weighted by Crippen LogP contribution is -2.53. The van der Waals surface area contributed by atoms with Crippen molar-refractivity contribution in [3.8, 4) is 0 Å². The maximum Gasteiger partial charge on any atom is 0.293 e. The summed E-state index contributed by atoms with van der Waals surface area (Å²) in [5.41, 5.74) is 0.0978. The molecule has 1 amide bonds. The molecule has 2 heterocycles. The van der Waals surface area contributed by atoms with E-state index < -0.39 is 14.9 Å². The molecule has 1 aromatic rings. The fourth-order valence-corrected chi connectivity index (χ4v) is 5.03. The minimum Gasteiger partial charge on any atom is -0.364 e. The van der Waals surface area contributed by atoms with E-state index in [1.54, 1.807) is 4.90 Å². The molecule has 0 unspecified atom stereocenters. The van der Waals surface area contributed by atoms with E-state index in [2.05, 4.69) is 5.32 Å². The molecule has 0 saturated carbocycles. The highest BCUT2D eigenvalue weighted by atomic mass is 32.2. The second-order valence-corrected chi connectivity index (χ2v) is 8.81. The lowest BCUT2D eigenvalue weighted by molar-refractivity contribution is -0.384. The van der Waals surface area contributed by atoms with Crippen molar-refractivity contribution in [1.82, 2.24) is 9.62 Å². The van der Waals surface area contributed by atoms with Gasteiger partial charge >= 0.3 is 0 Å². The second-order valence-electron chi connectivity index (χ2n) is 6.87. The molecule has 0 aliphatic carbocycles. The smallest absolute Gasteiger partial charge is 0.293 e. The van der Waals surface area contributed by atoms with Crippen molar-refractivity contribution >= 4 is 27.3 Å². The first-order chi connectivity index (χ1) is 12.8. The van der Waals surface area contributed by atoms with Crippen molar-refractivity contribution in [3.05, 3.63) is 28.3 Å². The Kier molecular flexibility index (Phi) is 5.66. The summed E-state index contributed by atoms with van der Waals surface area (Å²) >= 11 is 0. The van der Waals surface area contributed by atoms with Crippen molar-refractivity contribution in [2.75, 3.05) is 37.6 Å². The van der Waals surface area contributed by atoms with Crippen LogP contribution in [0.4, 0.5) is 11.4 Å². The molecule has 10 heteroatoms. The predicted octanol–water partition coefficient (Wildman–Crippen LogP) is 1.34. The largest absolute Gasteiger partial charge is 0.364 e. The first-order valence-corrected chi connectivity index (χ1v) is 10.6. The van der Waals surface area contributed by atoms with Crippen LogP contribution in [0.5, 0.6) is 0 Å². The normalized spacial score (nSPS) is 18.8. The second kappa shape index (κ2) is 7.81. The Labute approximate surface area is 158 Å². The molecule has 1 aromatic carbocycles. The molecule has 0 radical (unpaired) electrons. The van der Waals surface area contributed by atoms with Crippen LogP contribution in [0.1, 0.15) is 26.2 Å². The van der Waals surface area contributed by atoms with Crippen LogP contribution in [0.25, 0.3) is 0 Å². The van der Waals surface area contributed by atoms with Gasteiger partial charge in [0.05, 0.1) is 15.7 Å². The van der Waals surface area contributed by atoms with Crippen LogP contribution in [-0.2, 0) is 14.8 Å². The molecule has 2 aliphatic rings. The number of carbonyl (C=O) groups excluding carboxylic acids is 1. The van der Waals surface area contributed by atoms with Crippen LogP contribution < -0.4 is 10.2 Å².